The highest BCUT2D eigenvalue weighted by Crippen LogP contribution is 2.46. The third-order valence-electron chi connectivity index (χ3n) is 5.93. The third-order valence-corrected chi connectivity index (χ3v) is 5.93. The molecule has 1 aromatic heterocycles. The molecule has 2 fully saturated rings. The molecule has 33 heavy (non-hydrogen) atoms. The molecule has 170 valence electrons. The van der Waals surface area contributed by atoms with Gasteiger partial charge in [0.05, 0.1) is 29.5 Å². The molecule has 2 aliphatic rings. The molecule has 2 N–H and O–H groups in total. The molecule has 3 aromatic rings. The first-order valence-corrected chi connectivity index (χ1v) is 10.8. The van der Waals surface area contributed by atoms with E-state index in [1.807, 2.05) is 0 Å². The number of benzene rings is 2. The number of rotatable bonds is 8. The number of nitrogens with one attached hydrogen (secondary N) is 1. The monoisotopic (exact) mass is 454 g/mol. The Labute approximate surface area is 188 Å². The zero-order chi connectivity index (χ0) is 23.1. The predicted molar refractivity (Wildman–Crippen MR) is 115 cm³/mol. The number of ether oxygens (including phenoxy) is 1. The molecule has 0 amide bonds. The van der Waals surface area contributed by atoms with Crippen LogP contribution in [0.15, 0.2) is 48.7 Å². The number of hydrogen-bond donors (Lipinski definition) is 2. The Morgan fingerprint density at radius 3 is 2.42 bits per heavy atom. The summed E-state index contributed by atoms with van der Waals surface area (Å²) >= 11 is 0. The van der Waals surface area contributed by atoms with Gasteiger partial charge in [-0.1, -0.05) is 6.07 Å². The topological polar surface area (TPSA) is 71.5 Å². The van der Waals surface area contributed by atoms with Crippen molar-refractivity contribution in [3.8, 4) is 16.9 Å². The molecular formula is C25H21F3N2O3. The van der Waals surface area contributed by atoms with Gasteiger partial charge in [0, 0.05) is 35.9 Å². The highest BCUT2D eigenvalue weighted by atomic mass is 19.1. The lowest BCUT2D eigenvalue weighted by Gasteiger charge is -2.12. The minimum Gasteiger partial charge on any atom is -0.490 e. The van der Waals surface area contributed by atoms with Crippen LogP contribution < -0.4 is 10.1 Å². The predicted octanol–water partition coefficient (Wildman–Crippen LogP) is 5.51. The number of hydrogen-bond acceptors (Lipinski definition) is 4. The van der Waals surface area contributed by atoms with Gasteiger partial charge in [0.25, 0.3) is 0 Å². The molecule has 1 heterocycles. The summed E-state index contributed by atoms with van der Waals surface area (Å²) in [5.41, 5.74) is 1.56. The first kappa shape index (κ1) is 21.3. The average molecular weight is 454 g/mol. The number of aliphatic carboxylic acids is 1. The molecule has 5 nitrogen and oxygen atoms in total. The molecule has 0 spiro atoms. The Kier molecular flexibility index (Phi) is 5.44. The lowest BCUT2D eigenvalue weighted by Crippen LogP contribution is -2.04. The Morgan fingerprint density at radius 1 is 1.06 bits per heavy atom. The summed E-state index contributed by atoms with van der Waals surface area (Å²) in [4.78, 5) is 15.3. The van der Waals surface area contributed by atoms with Crippen LogP contribution in [0.1, 0.15) is 36.4 Å². The van der Waals surface area contributed by atoms with Gasteiger partial charge in [0.1, 0.15) is 23.2 Å². The van der Waals surface area contributed by atoms with Crippen molar-refractivity contribution >= 4 is 11.7 Å². The zero-order valence-corrected chi connectivity index (χ0v) is 17.5. The smallest absolute Gasteiger partial charge is 0.307 e. The van der Waals surface area contributed by atoms with Crippen molar-refractivity contribution in [3.63, 3.8) is 0 Å². The Hall–Kier alpha value is -3.55. The van der Waals surface area contributed by atoms with Gasteiger partial charge >= 0.3 is 5.97 Å². The summed E-state index contributed by atoms with van der Waals surface area (Å²) < 4.78 is 49.2. The van der Waals surface area contributed by atoms with Crippen molar-refractivity contribution < 1.29 is 27.8 Å². The Morgan fingerprint density at radius 2 is 1.82 bits per heavy atom. The van der Waals surface area contributed by atoms with Crippen molar-refractivity contribution in [3.05, 3.63) is 77.4 Å². The second-order valence-electron chi connectivity index (χ2n) is 8.50. The van der Waals surface area contributed by atoms with Crippen LogP contribution in [-0.2, 0) is 11.3 Å². The Balaban J connectivity index is 1.30. The van der Waals surface area contributed by atoms with E-state index in [0.717, 1.165) is 25.0 Å². The number of aromatic nitrogens is 1. The maximum Gasteiger partial charge on any atom is 0.307 e. The molecule has 0 bridgehead atoms. The molecule has 0 unspecified atom stereocenters. The average Bonchev–Trinajstić information content (AvgIpc) is 3.69. The van der Waals surface area contributed by atoms with E-state index in [1.54, 1.807) is 18.3 Å². The maximum absolute atomic E-state index is 14.7. The van der Waals surface area contributed by atoms with Gasteiger partial charge < -0.3 is 15.2 Å². The van der Waals surface area contributed by atoms with Crippen molar-refractivity contribution in [1.29, 1.82) is 0 Å². The second-order valence-corrected chi connectivity index (χ2v) is 8.50. The van der Waals surface area contributed by atoms with Crippen LogP contribution in [-0.4, -0.2) is 22.2 Å². The zero-order valence-electron chi connectivity index (χ0n) is 17.5. The molecule has 5 rings (SSSR count). The summed E-state index contributed by atoms with van der Waals surface area (Å²) in [6.07, 6.45) is 3.91. The minimum absolute atomic E-state index is 0.0181. The van der Waals surface area contributed by atoms with E-state index in [4.69, 9.17) is 9.84 Å². The van der Waals surface area contributed by atoms with Gasteiger partial charge in [-0.2, -0.15) is 0 Å². The van der Waals surface area contributed by atoms with Gasteiger partial charge in [0.2, 0.25) is 0 Å². The number of carboxylic acid groups (broad SMARTS) is 1. The van der Waals surface area contributed by atoms with Crippen LogP contribution in [0.4, 0.5) is 18.9 Å². The second kappa shape index (κ2) is 8.42. The van der Waals surface area contributed by atoms with Crippen molar-refractivity contribution in [1.82, 2.24) is 4.98 Å². The van der Waals surface area contributed by atoms with E-state index in [1.165, 1.54) is 18.2 Å². The molecule has 0 radical (unpaired) electrons. The van der Waals surface area contributed by atoms with Crippen molar-refractivity contribution in [2.45, 2.75) is 37.8 Å². The van der Waals surface area contributed by atoms with Gasteiger partial charge in [-0.25, -0.2) is 13.2 Å². The van der Waals surface area contributed by atoms with Crippen LogP contribution >= 0.6 is 0 Å². The lowest BCUT2D eigenvalue weighted by molar-refractivity contribution is -0.138. The van der Waals surface area contributed by atoms with Crippen molar-refractivity contribution in [2.24, 2.45) is 5.92 Å². The molecule has 2 atom stereocenters. The van der Waals surface area contributed by atoms with E-state index in [-0.39, 0.29) is 46.9 Å². The van der Waals surface area contributed by atoms with E-state index >= 15 is 0 Å². The van der Waals surface area contributed by atoms with E-state index < -0.39 is 23.4 Å². The Bertz CT molecular complexity index is 1190. The fourth-order valence-electron chi connectivity index (χ4n) is 3.86. The third kappa shape index (κ3) is 4.65. The fourth-order valence-corrected chi connectivity index (χ4v) is 3.86. The van der Waals surface area contributed by atoms with Crippen LogP contribution in [0.3, 0.4) is 0 Å². The highest BCUT2D eigenvalue weighted by molar-refractivity contribution is 5.75. The number of nitrogens with zero attached hydrogens (tertiary/aromatic N) is 1. The van der Waals surface area contributed by atoms with Gasteiger partial charge in [-0.15, -0.1) is 0 Å². The van der Waals surface area contributed by atoms with Gasteiger partial charge in [-0.3, -0.25) is 9.78 Å². The van der Waals surface area contributed by atoms with Gasteiger partial charge in [-0.05, 0) is 49.1 Å². The standard InChI is InChI=1S/C25H21F3N2O3/c26-20-5-1-13(24-21(27)8-17(9-22(24)28)33-16-3-4-16)7-14(20)11-29-15-2-6-23(30-12-15)18-10-19(18)25(31)32/h1-2,5-9,12,16,18-19,29H,3-4,10-11H2,(H,31,32)/t18-,19-/m0/s1. The van der Waals surface area contributed by atoms with Crippen LogP contribution in [0.25, 0.3) is 11.1 Å². The lowest BCUT2D eigenvalue weighted by atomic mass is 10.0. The van der Waals surface area contributed by atoms with E-state index in [9.17, 15) is 18.0 Å². The summed E-state index contributed by atoms with van der Waals surface area (Å²) in [5.74, 6) is -3.17. The summed E-state index contributed by atoms with van der Waals surface area (Å²) in [5, 5.41) is 12.1. The highest BCUT2D eigenvalue weighted by Gasteiger charge is 2.45. The summed E-state index contributed by atoms with van der Waals surface area (Å²) in [6, 6.07) is 9.74. The van der Waals surface area contributed by atoms with Crippen LogP contribution in [0.5, 0.6) is 5.75 Å². The summed E-state index contributed by atoms with van der Waals surface area (Å²) in [7, 11) is 0. The number of carboxylic acids is 1. The molecule has 0 aliphatic heterocycles. The SMILES string of the molecule is O=C(O)[C@H]1C[C@@H]1c1ccc(NCc2cc(-c3c(F)cc(OC4CC4)cc3F)ccc2F)cn1. The molecule has 8 heteroatoms. The fraction of sp³-hybridized carbons (Fsp3) is 0.280. The first-order valence-electron chi connectivity index (χ1n) is 10.8. The van der Waals surface area contributed by atoms with E-state index in [2.05, 4.69) is 10.3 Å². The summed E-state index contributed by atoms with van der Waals surface area (Å²) in [6.45, 7) is 0.0774. The molecule has 2 aromatic carbocycles. The molecule has 2 saturated carbocycles. The quantitative estimate of drug-likeness (QED) is 0.470. The number of halogens is 3. The molecular weight excluding hydrogens is 433 g/mol. The minimum atomic E-state index is -0.822. The maximum atomic E-state index is 14.7. The first-order chi connectivity index (χ1) is 15.9. The normalized spacial score (nSPS) is 19.2. The molecule has 2 aliphatic carbocycles. The largest absolute Gasteiger partial charge is 0.490 e. The number of anilines is 1. The van der Waals surface area contributed by atoms with E-state index in [0.29, 0.717) is 17.8 Å². The van der Waals surface area contributed by atoms with Crippen LogP contribution in [0.2, 0.25) is 0 Å². The number of pyridine rings is 1. The van der Waals surface area contributed by atoms with Crippen LogP contribution in [0, 0.1) is 23.4 Å². The number of carbonyl (C=O) groups is 1. The molecule has 0 saturated heterocycles. The van der Waals surface area contributed by atoms with Crippen molar-refractivity contribution in [2.75, 3.05) is 5.32 Å². The van der Waals surface area contributed by atoms with Gasteiger partial charge in [0.15, 0.2) is 0 Å².